The number of rotatable bonds is 3. The zero-order valence-electron chi connectivity index (χ0n) is 8.83. The van der Waals surface area contributed by atoms with Crippen LogP contribution in [0.25, 0.3) is 0 Å². The highest BCUT2D eigenvalue weighted by atomic mass is 16.5. The minimum atomic E-state index is -0.514. The number of hydrogen-bond donors (Lipinski definition) is 0. The van der Waals surface area contributed by atoms with E-state index in [1.165, 1.54) is 12.0 Å². The zero-order valence-corrected chi connectivity index (χ0v) is 8.83. The van der Waals surface area contributed by atoms with Crippen molar-refractivity contribution >= 4 is 11.9 Å². The Labute approximate surface area is 78.9 Å². The molecule has 0 aromatic carbocycles. The maximum atomic E-state index is 11.4. The van der Waals surface area contributed by atoms with Crippen molar-refractivity contribution in [2.45, 2.75) is 26.8 Å². The lowest BCUT2D eigenvalue weighted by Gasteiger charge is -2.24. The Morgan fingerprint density at radius 2 is 1.69 bits per heavy atom. The first-order valence-electron chi connectivity index (χ1n) is 4.26. The molecule has 1 atom stereocenters. The van der Waals surface area contributed by atoms with Crippen molar-refractivity contribution in [1.82, 2.24) is 4.90 Å². The predicted molar refractivity (Wildman–Crippen MR) is 49.1 cm³/mol. The number of nitrogens with zero attached hydrogens (tertiary/aromatic N) is 1. The molecule has 0 aliphatic heterocycles. The van der Waals surface area contributed by atoms with Crippen molar-refractivity contribution in [3.63, 3.8) is 0 Å². The average Bonchev–Trinajstić information content (AvgIpc) is 2.12. The fourth-order valence-electron chi connectivity index (χ4n) is 0.927. The molecule has 0 saturated carbocycles. The maximum absolute atomic E-state index is 11.4. The molecule has 76 valence electrons. The molecular formula is C9H17NO3. The molecule has 0 saturated heterocycles. The summed E-state index contributed by atoms with van der Waals surface area (Å²) < 4.78 is 4.53. The van der Waals surface area contributed by atoms with Crippen LogP contribution in [0.4, 0.5) is 0 Å². The van der Waals surface area contributed by atoms with E-state index in [9.17, 15) is 9.59 Å². The van der Waals surface area contributed by atoms with Crippen LogP contribution in [0, 0.1) is 5.92 Å². The largest absolute Gasteiger partial charge is 0.467 e. The molecule has 0 aliphatic rings. The number of methoxy groups -OCH3 is 1. The van der Waals surface area contributed by atoms with Crippen molar-refractivity contribution in [1.29, 1.82) is 0 Å². The van der Waals surface area contributed by atoms with E-state index in [-0.39, 0.29) is 11.8 Å². The van der Waals surface area contributed by atoms with Gasteiger partial charge in [-0.3, -0.25) is 4.79 Å². The standard InChI is InChI=1S/C9H17NO3/c1-6(2)8(11)10(4)7(3)9(12)13-5/h6-7H,1-5H3/t7-/m0/s1. The Balaban J connectivity index is 4.33. The number of amides is 1. The Morgan fingerprint density at radius 1 is 1.23 bits per heavy atom. The molecule has 0 heterocycles. The zero-order chi connectivity index (χ0) is 10.6. The second-order valence-electron chi connectivity index (χ2n) is 3.30. The van der Waals surface area contributed by atoms with Gasteiger partial charge in [0.25, 0.3) is 0 Å². The van der Waals surface area contributed by atoms with Gasteiger partial charge in [-0.2, -0.15) is 0 Å². The molecule has 0 rings (SSSR count). The Morgan fingerprint density at radius 3 is 2.00 bits per heavy atom. The highest BCUT2D eigenvalue weighted by Crippen LogP contribution is 2.04. The number of carbonyl (C=O) groups is 2. The van der Waals surface area contributed by atoms with E-state index < -0.39 is 12.0 Å². The minimum Gasteiger partial charge on any atom is -0.467 e. The fourth-order valence-corrected chi connectivity index (χ4v) is 0.927. The van der Waals surface area contributed by atoms with Crippen LogP contribution in [0.2, 0.25) is 0 Å². The van der Waals surface area contributed by atoms with E-state index in [0.717, 1.165) is 0 Å². The van der Waals surface area contributed by atoms with E-state index in [2.05, 4.69) is 4.74 Å². The summed E-state index contributed by atoms with van der Waals surface area (Å²) >= 11 is 0. The van der Waals surface area contributed by atoms with E-state index >= 15 is 0 Å². The van der Waals surface area contributed by atoms with Crippen LogP contribution >= 0.6 is 0 Å². The lowest BCUT2D eigenvalue weighted by Crippen LogP contribution is -2.42. The van der Waals surface area contributed by atoms with Gasteiger partial charge >= 0.3 is 5.97 Å². The third kappa shape index (κ3) is 3.05. The van der Waals surface area contributed by atoms with Crippen molar-refractivity contribution in [2.75, 3.05) is 14.2 Å². The van der Waals surface area contributed by atoms with Gasteiger partial charge in [0.1, 0.15) is 6.04 Å². The van der Waals surface area contributed by atoms with Gasteiger partial charge in [-0.25, -0.2) is 4.79 Å². The lowest BCUT2D eigenvalue weighted by atomic mass is 10.1. The summed E-state index contributed by atoms with van der Waals surface area (Å²) in [6.45, 7) is 5.23. The van der Waals surface area contributed by atoms with Gasteiger partial charge in [0.05, 0.1) is 7.11 Å². The van der Waals surface area contributed by atoms with E-state index in [4.69, 9.17) is 0 Å². The van der Waals surface area contributed by atoms with Gasteiger partial charge in [-0.05, 0) is 6.92 Å². The first kappa shape index (κ1) is 11.9. The molecular weight excluding hydrogens is 170 g/mol. The molecule has 0 N–H and O–H groups in total. The fraction of sp³-hybridized carbons (Fsp3) is 0.778. The van der Waals surface area contributed by atoms with Gasteiger partial charge in [0.2, 0.25) is 5.91 Å². The molecule has 0 aliphatic carbocycles. The van der Waals surface area contributed by atoms with Crippen LogP contribution in [-0.4, -0.2) is 37.0 Å². The van der Waals surface area contributed by atoms with Crippen LogP contribution in [0.15, 0.2) is 0 Å². The van der Waals surface area contributed by atoms with Crippen LogP contribution < -0.4 is 0 Å². The molecule has 1 amide bonds. The van der Waals surface area contributed by atoms with Crippen LogP contribution in [0.1, 0.15) is 20.8 Å². The SMILES string of the molecule is COC(=O)[C@H](C)N(C)C(=O)C(C)C. The molecule has 0 bridgehead atoms. The Bertz CT molecular complexity index is 201. The first-order valence-corrected chi connectivity index (χ1v) is 4.26. The van der Waals surface area contributed by atoms with Crippen LogP contribution in [-0.2, 0) is 14.3 Å². The first-order chi connectivity index (χ1) is 5.91. The van der Waals surface area contributed by atoms with Gasteiger partial charge in [-0.15, -0.1) is 0 Å². The summed E-state index contributed by atoms with van der Waals surface area (Å²) in [5, 5.41) is 0. The molecule has 0 aromatic heterocycles. The third-order valence-electron chi connectivity index (χ3n) is 1.96. The highest BCUT2D eigenvalue weighted by molar-refractivity contribution is 5.84. The Hall–Kier alpha value is -1.06. The summed E-state index contributed by atoms with van der Waals surface area (Å²) in [6, 6.07) is -0.514. The van der Waals surface area contributed by atoms with E-state index in [1.807, 2.05) is 0 Å². The van der Waals surface area contributed by atoms with Crippen molar-refractivity contribution in [2.24, 2.45) is 5.92 Å². The van der Waals surface area contributed by atoms with Crippen LogP contribution in [0.5, 0.6) is 0 Å². The summed E-state index contributed by atoms with van der Waals surface area (Å²) in [5.74, 6) is -0.550. The second kappa shape index (κ2) is 4.84. The minimum absolute atomic E-state index is 0.0575. The van der Waals surface area contributed by atoms with Crippen molar-refractivity contribution in [3.8, 4) is 0 Å². The molecule has 0 radical (unpaired) electrons. The molecule has 0 fully saturated rings. The van der Waals surface area contributed by atoms with E-state index in [1.54, 1.807) is 27.8 Å². The highest BCUT2D eigenvalue weighted by Gasteiger charge is 2.24. The topological polar surface area (TPSA) is 46.6 Å². The quantitative estimate of drug-likeness (QED) is 0.610. The maximum Gasteiger partial charge on any atom is 0.328 e. The van der Waals surface area contributed by atoms with Crippen LogP contribution in [0.3, 0.4) is 0 Å². The number of ether oxygens (including phenoxy) is 1. The van der Waals surface area contributed by atoms with E-state index in [0.29, 0.717) is 0 Å². The molecule has 0 aromatic rings. The van der Waals surface area contributed by atoms with Gasteiger partial charge < -0.3 is 9.64 Å². The molecule has 0 unspecified atom stereocenters. The number of carbonyl (C=O) groups excluding carboxylic acids is 2. The summed E-state index contributed by atoms with van der Waals surface area (Å²) in [5.41, 5.74) is 0. The van der Waals surface area contributed by atoms with Gasteiger partial charge in [0.15, 0.2) is 0 Å². The number of esters is 1. The summed E-state index contributed by atoms with van der Waals surface area (Å²) in [7, 11) is 2.91. The monoisotopic (exact) mass is 187 g/mol. The lowest BCUT2D eigenvalue weighted by molar-refractivity contribution is -0.152. The predicted octanol–water partition coefficient (Wildman–Crippen LogP) is 0.662. The average molecular weight is 187 g/mol. The van der Waals surface area contributed by atoms with Gasteiger partial charge in [0, 0.05) is 13.0 Å². The molecule has 4 heteroatoms. The number of likely N-dealkylation sites (N-methyl/N-ethyl adjacent to an activating group) is 1. The van der Waals surface area contributed by atoms with Crippen molar-refractivity contribution < 1.29 is 14.3 Å². The smallest absolute Gasteiger partial charge is 0.328 e. The van der Waals surface area contributed by atoms with Crippen molar-refractivity contribution in [3.05, 3.63) is 0 Å². The number of hydrogen-bond acceptors (Lipinski definition) is 3. The normalized spacial score (nSPS) is 12.5. The second-order valence-corrected chi connectivity index (χ2v) is 3.30. The Kier molecular flexibility index (Phi) is 4.45. The third-order valence-corrected chi connectivity index (χ3v) is 1.96. The molecule has 13 heavy (non-hydrogen) atoms. The van der Waals surface area contributed by atoms with Gasteiger partial charge in [-0.1, -0.05) is 13.8 Å². The summed E-state index contributed by atoms with van der Waals surface area (Å²) in [6.07, 6.45) is 0. The summed E-state index contributed by atoms with van der Waals surface area (Å²) in [4.78, 5) is 23.9. The molecule has 4 nitrogen and oxygen atoms in total. The molecule has 0 spiro atoms.